The van der Waals surface area contributed by atoms with Gasteiger partial charge in [0.25, 0.3) is 0 Å². The average molecular weight is 292 g/mol. The first kappa shape index (κ1) is 16.1. The predicted octanol–water partition coefficient (Wildman–Crippen LogP) is 3.57. The molecule has 2 fully saturated rings. The van der Waals surface area contributed by atoms with Crippen molar-refractivity contribution >= 4 is 0 Å². The highest BCUT2D eigenvalue weighted by molar-refractivity contribution is 4.92. The zero-order valence-corrected chi connectivity index (χ0v) is 12.4. The average Bonchev–Trinajstić information content (AvgIpc) is 2.38. The van der Waals surface area contributed by atoms with E-state index in [9.17, 15) is 13.2 Å². The topological polar surface area (TPSA) is 15.3 Å². The molecule has 0 amide bonds. The number of nitrogens with one attached hydrogen (secondary N) is 1. The van der Waals surface area contributed by atoms with Crippen molar-refractivity contribution in [1.82, 2.24) is 10.2 Å². The highest BCUT2D eigenvalue weighted by Gasteiger charge is 2.37. The van der Waals surface area contributed by atoms with E-state index in [4.69, 9.17) is 0 Å². The molecular formula is C15H27F3N2. The van der Waals surface area contributed by atoms with Crippen molar-refractivity contribution in [1.29, 1.82) is 0 Å². The number of hydrogen-bond donors (Lipinski definition) is 1. The minimum atomic E-state index is -4.00. The fourth-order valence-corrected chi connectivity index (χ4v) is 3.78. The molecule has 0 radical (unpaired) electrons. The Labute approximate surface area is 120 Å². The summed E-state index contributed by atoms with van der Waals surface area (Å²) in [4.78, 5) is 2.42. The van der Waals surface area contributed by atoms with Crippen LogP contribution < -0.4 is 5.32 Å². The van der Waals surface area contributed by atoms with Gasteiger partial charge in [-0.3, -0.25) is 0 Å². The summed E-state index contributed by atoms with van der Waals surface area (Å²) in [6, 6.07) is 0.274. The second-order valence-corrected chi connectivity index (χ2v) is 6.71. The zero-order chi connectivity index (χ0) is 14.6. The summed E-state index contributed by atoms with van der Waals surface area (Å²) in [5, 5.41) is 3.49. The molecule has 1 N–H and O–H groups in total. The molecule has 2 aliphatic rings. The van der Waals surface area contributed by atoms with Crippen LogP contribution in [0.15, 0.2) is 0 Å². The van der Waals surface area contributed by atoms with Crippen molar-refractivity contribution in [2.45, 2.75) is 64.1 Å². The first-order valence-electron chi connectivity index (χ1n) is 7.92. The normalized spacial score (nSPS) is 30.6. The molecule has 118 valence electrons. The Morgan fingerprint density at radius 2 is 2.00 bits per heavy atom. The Morgan fingerprint density at radius 1 is 1.25 bits per heavy atom. The van der Waals surface area contributed by atoms with Crippen LogP contribution in [0.3, 0.4) is 0 Å². The fourth-order valence-electron chi connectivity index (χ4n) is 3.78. The van der Waals surface area contributed by atoms with Crippen LogP contribution in [0.4, 0.5) is 13.2 Å². The number of piperidine rings is 2. The largest absolute Gasteiger partial charge is 0.389 e. The molecule has 20 heavy (non-hydrogen) atoms. The number of nitrogens with zero attached hydrogens (tertiary/aromatic N) is 1. The van der Waals surface area contributed by atoms with Gasteiger partial charge >= 0.3 is 6.18 Å². The summed E-state index contributed by atoms with van der Waals surface area (Å²) in [6.45, 7) is 6.40. The molecule has 2 nitrogen and oxygen atoms in total. The summed E-state index contributed by atoms with van der Waals surface area (Å²) in [6.07, 6.45) is 1.22. The number of hydrogen-bond acceptors (Lipinski definition) is 2. The van der Waals surface area contributed by atoms with Crippen molar-refractivity contribution in [3.63, 3.8) is 0 Å². The highest BCUT2D eigenvalue weighted by Crippen LogP contribution is 2.37. The van der Waals surface area contributed by atoms with Gasteiger partial charge in [0, 0.05) is 25.6 Å². The summed E-state index contributed by atoms with van der Waals surface area (Å²) in [5.41, 5.74) is 0.384. The Bertz CT molecular complexity index is 292. The van der Waals surface area contributed by atoms with Gasteiger partial charge in [0.1, 0.15) is 0 Å². The number of rotatable bonds is 4. The third-order valence-corrected chi connectivity index (χ3v) is 4.96. The molecular weight excluding hydrogens is 265 g/mol. The van der Waals surface area contributed by atoms with E-state index in [0.29, 0.717) is 11.8 Å². The van der Waals surface area contributed by atoms with Crippen molar-refractivity contribution < 1.29 is 13.2 Å². The molecule has 2 unspecified atom stereocenters. The lowest BCUT2D eigenvalue weighted by atomic mass is 9.74. The van der Waals surface area contributed by atoms with Gasteiger partial charge in [0.05, 0.1) is 0 Å². The first-order chi connectivity index (χ1) is 9.40. The number of alkyl halides is 3. The number of halogens is 3. The van der Waals surface area contributed by atoms with Crippen LogP contribution in [0.25, 0.3) is 0 Å². The van der Waals surface area contributed by atoms with E-state index in [2.05, 4.69) is 17.1 Å². The Balaban J connectivity index is 1.79. The minimum absolute atomic E-state index is 0.256. The Hall–Kier alpha value is -0.290. The van der Waals surface area contributed by atoms with E-state index >= 15 is 0 Å². The standard InChI is InChI=1S/C15H27F3N2/c1-13(5-2-8-15(16,17)18)20-10-4-7-14(12-20)6-3-9-19-11-14/h13,19H,2-12H2,1H3. The monoisotopic (exact) mass is 292 g/mol. The molecule has 0 aliphatic carbocycles. The van der Waals surface area contributed by atoms with Gasteiger partial charge in [-0.25, -0.2) is 0 Å². The van der Waals surface area contributed by atoms with Gasteiger partial charge in [-0.1, -0.05) is 0 Å². The third-order valence-electron chi connectivity index (χ3n) is 4.96. The lowest BCUT2D eigenvalue weighted by Crippen LogP contribution is -2.53. The maximum Gasteiger partial charge on any atom is 0.389 e. The maximum absolute atomic E-state index is 12.2. The van der Waals surface area contributed by atoms with Crippen LogP contribution in [-0.4, -0.2) is 43.3 Å². The van der Waals surface area contributed by atoms with Crippen LogP contribution in [0.1, 0.15) is 51.9 Å². The van der Waals surface area contributed by atoms with E-state index in [0.717, 1.165) is 26.2 Å². The minimum Gasteiger partial charge on any atom is -0.316 e. The molecule has 0 bridgehead atoms. The lowest BCUT2D eigenvalue weighted by molar-refractivity contribution is -0.136. The van der Waals surface area contributed by atoms with E-state index in [-0.39, 0.29) is 12.5 Å². The van der Waals surface area contributed by atoms with E-state index in [1.807, 2.05) is 0 Å². The first-order valence-corrected chi connectivity index (χ1v) is 7.92. The van der Waals surface area contributed by atoms with Gasteiger partial charge < -0.3 is 10.2 Å². The Morgan fingerprint density at radius 3 is 2.65 bits per heavy atom. The second kappa shape index (κ2) is 6.65. The maximum atomic E-state index is 12.2. The van der Waals surface area contributed by atoms with E-state index < -0.39 is 12.6 Å². The van der Waals surface area contributed by atoms with Crippen LogP contribution in [-0.2, 0) is 0 Å². The number of likely N-dealkylation sites (tertiary alicyclic amines) is 1. The van der Waals surface area contributed by atoms with Gasteiger partial charge in [-0.2, -0.15) is 13.2 Å². The smallest absolute Gasteiger partial charge is 0.316 e. The van der Waals surface area contributed by atoms with E-state index in [1.54, 1.807) is 0 Å². The molecule has 0 aromatic rings. The van der Waals surface area contributed by atoms with Gasteiger partial charge in [0.2, 0.25) is 0 Å². The van der Waals surface area contributed by atoms with Crippen molar-refractivity contribution in [3.05, 3.63) is 0 Å². The summed E-state index contributed by atoms with van der Waals surface area (Å²) in [7, 11) is 0. The van der Waals surface area contributed by atoms with Crippen molar-refractivity contribution in [2.24, 2.45) is 5.41 Å². The summed E-state index contributed by atoms with van der Waals surface area (Å²) >= 11 is 0. The third kappa shape index (κ3) is 4.62. The summed E-state index contributed by atoms with van der Waals surface area (Å²) in [5.74, 6) is 0. The Kier molecular flexibility index (Phi) is 5.35. The molecule has 2 heterocycles. The lowest BCUT2D eigenvalue weighted by Gasteiger charge is -2.47. The quantitative estimate of drug-likeness (QED) is 0.852. The van der Waals surface area contributed by atoms with Gasteiger partial charge in [-0.05, 0) is 64.0 Å². The van der Waals surface area contributed by atoms with E-state index in [1.165, 1.54) is 25.7 Å². The van der Waals surface area contributed by atoms with Crippen LogP contribution in [0.2, 0.25) is 0 Å². The molecule has 2 rings (SSSR count). The van der Waals surface area contributed by atoms with Crippen LogP contribution >= 0.6 is 0 Å². The molecule has 2 aliphatic heterocycles. The molecule has 1 spiro atoms. The molecule has 0 aromatic carbocycles. The predicted molar refractivity (Wildman–Crippen MR) is 74.7 cm³/mol. The van der Waals surface area contributed by atoms with Crippen molar-refractivity contribution in [3.8, 4) is 0 Å². The molecule has 0 aromatic heterocycles. The zero-order valence-electron chi connectivity index (χ0n) is 12.4. The fraction of sp³-hybridized carbons (Fsp3) is 1.00. The molecule has 0 saturated carbocycles. The SMILES string of the molecule is CC(CCCC(F)(F)F)N1CCCC2(CCCNC2)C1. The summed E-state index contributed by atoms with van der Waals surface area (Å²) < 4.78 is 36.6. The van der Waals surface area contributed by atoms with Gasteiger partial charge in [-0.15, -0.1) is 0 Å². The molecule has 5 heteroatoms. The van der Waals surface area contributed by atoms with Crippen LogP contribution in [0, 0.1) is 5.41 Å². The molecule has 2 atom stereocenters. The highest BCUT2D eigenvalue weighted by atomic mass is 19.4. The van der Waals surface area contributed by atoms with Crippen LogP contribution in [0.5, 0.6) is 0 Å². The molecule has 2 saturated heterocycles. The second-order valence-electron chi connectivity index (χ2n) is 6.71. The van der Waals surface area contributed by atoms with Crippen molar-refractivity contribution in [2.75, 3.05) is 26.2 Å². The van der Waals surface area contributed by atoms with Gasteiger partial charge in [0.15, 0.2) is 0 Å².